The summed E-state index contributed by atoms with van der Waals surface area (Å²) >= 11 is 5.72. The van der Waals surface area contributed by atoms with E-state index in [1.165, 1.54) is 0 Å². The van der Waals surface area contributed by atoms with Gasteiger partial charge in [-0.2, -0.15) is 0 Å². The minimum Gasteiger partial charge on any atom is -0.406 e. The Hall–Kier alpha value is -1.95. The monoisotopic (exact) mass is 345 g/mol. The molecule has 23 heavy (non-hydrogen) atoms. The molecule has 3 rings (SSSR count). The van der Waals surface area contributed by atoms with Gasteiger partial charge in [-0.05, 0) is 17.5 Å². The molecule has 0 amide bonds. The average Bonchev–Trinajstić information content (AvgIpc) is 2.48. The molecular formula is C16H12ClF4NO. The summed E-state index contributed by atoms with van der Waals surface area (Å²) in [5, 5.41) is -0.402. The highest BCUT2D eigenvalue weighted by Gasteiger charge is 2.32. The van der Waals surface area contributed by atoms with Gasteiger partial charge in [0.1, 0.15) is 5.75 Å². The molecule has 0 aromatic heterocycles. The minimum absolute atomic E-state index is 0.00579. The fraction of sp³-hybridized carbons (Fsp3) is 0.250. The first kappa shape index (κ1) is 15.9. The van der Waals surface area contributed by atoms with E-state index in [0.29, 0.717) is 19.5 Å². The number of hydrogen-bond acceptors (Lipinski definition) is 2. The maximum atomic E-state index is 14.3. The van der Waals surface area contributed by atoms with Crippen LogP contribution in [0.2, 0.25) is 5.02 Å². The number of hydrogen-bond donors (Lipinski definition) is 0. The van der Waals surface area contributed by atoms with Crippen LogP contribution in [0.3, 0.4) is 0 Å². The first-order valence-corrected chi connectivity index (χ1v) is 7.28. The molecule has 0 unspecified atom stereocenters. The fourth-order valence-corrected chi connectivity index (χ4v) is 2.88. The van der Waals surface area contributed by atoms with Gasteiger partial charge in [-0.25, -0.2) is 4.39 Å². The zero-order valence-corrected chi connectivity index (χ0v) is 12.6. The standard InChI is InChI=1S/C16H12ClF4NO/c17-13-7-12(23-16(19,20)21)8-14(15(13)18)22-6-5-10-3-1-2-4-11(10)9-22/h1-4,7-8H,5-6,9H2. The molecule has 0 aliphatic carbocycles. The normalized spacial score (nSPS) is 14.6. The quantitative estimate of drug-likeness (QED) is 0.715. The maximum Gasteiger partial charge on any atom is 0.573 e. The van der Waals surface area contributed by atoms with Gasteiger partial charge in [-0.15, -0.1) is 13.2 Å². The summed E-state index contributed by atoms with van der Waals surface area (Å²) in [5.41, 5.74) is 2.17. The Morgan fingerprint density at radius 1 is 1.09 bits per heavy atom. The number of rotatable bonds is 2. The summed E-state index contributed by atoms with van der Waals surface area (Å²) in [7, 11) is 0. The van der Waals surface area contributed by atoms with Crippen LogP contribution in [-0.4, -0.2) is 12.9 Å². The highest BCUT2D eigenvalue weighted by atomic mass is 35.5. The van der Waals surface area contributed by atoms with Gasteiger partial charge in [0, 0.05) is 25.2 Å². The number of nitrogens with zero attached hydrogens (tertiary/aromatic N) is 1. The first-order valence-electron chi connectivity index (χ1n) is 6.90. The lowest BCUT2D eigenvalue weighted by atomic mass is 9.99. The van der Waals surface area contributed by atoms with Crippen molar-refractivity contribution in [1.29, 1.82) is 0 Å². The zero-order valence-electron chi connectivity index (χ0n) is 11.8. The Kier molecular flexibility index (Phi) is 4.10. The van der Waals surface area contributed by atoms with E-state index in [1.54, 1.807) is 4.90 Å². The molecule has 0 spiro atoms. The van der Waals surface area contributed by atoms with Crippen molar-refractivity contribution in [3.63, 3.8) is 0 Å². The molecule has 2 nitrogen and oxygen atoms in total. The summed E-state index contributed by atoms with van der Waals surface area (Å²) in [6.45, 7) is 0.888. The van der Waals surface area contributed by atoms with E-state index in [-0.39, 0.29) is 5.69 Å². The molecule has 1 heterocycles. The summed E-state index contributed by atoms with van der Waals surface area (Å²) in [4.78, 5) is 1.66. The second kappa shape index (κ2) is 5.92. The van der Waals surface area contributed by atoms with Crippen molar-refractivity contribution in [2.24, 2.45) is 0 Å². The fourth-order valence-electron chi connectivity index (χ4n) is 2.67. The van der Waals surface area contributed by atoms with Gasteiger partial charge in [0.05, 0.1) is 10.7 Å². The van der Waals surface area contributed by atoms with E-state index in [9.17, 15) is 17.6 Å². The molecule has 0 saturated heterocycles. The molecule has 1 aliphatic rings. The number of fused-ring (bicyclic) bond motifs is 1. The topological polar surface area (TPSA) is 12.5 Å². The summed E-state index contributed by atoms with van der Waals surface area (Å²) < 4.78 is 55.2. The number of benzene rings is 2. The van der Waals surface area contributed by atoms with E-state index in [1.807, 2.05) is 24.3 Å². The van der Waals surface area contributed by atoms with Crippen LogP contribution in [0.25, 0.3) is 0 Å². The van der Waals surface area contributed by atoms with Crippen molar-refractivity contribution < 1.29 is 22.3 Å². The predicted molar refractivity (Wildman–Crippen MR) is 79.3 cm³/mol. The molecule has 2 aromatic carbocycles. The van der Waals surface area contributed by atoms with Crippen molar-refractivity contribution in [3.8, 4) is 5.75 Å². The molecule has 0 bridgehead atoms. The molecule has 2 aromatic rings. The Labute approximate surface area is 135 Å². The molecule has 7 heteroatoms. The Morgan fingerprint density at radius 2 is 1.78 bits per heavy atom. The summed E-state index contributed by atoms with van der Waals surface area (Å²) in [6, 6.07) is 9.54. The maximum absolute atomic E-state index is 14.3. The third-order valence-corrected chi connectivity index (χ3v) is 3.96. The molecule has 0 fully saturated rings. The number of ether oxygens (including phenoxy) is 1. The number of halogens is 5. The van der Waals surface area contributed by atoms with Gasteiger partial charge in [0.2, 0.25) is 0 Å². The molecule has 0 atom stereocenters. The molecule has 122 valence electrons. The van der Waals surface area contributed by atoms with Gasteiger partial charge in [-0.1, -0.05) is 35.9 Å². The van der Waals surface area contributed by atoms with E-state index in [0.717, 1.165) is 23.3 Å². The van der Waals surface area contributed by atoms with Gasteiger partial charge in [0.15, 0.2) is 5.82 Å². The molecule has 0 radical (unpaired) electrons. The van der Waals surface area contributed by atoms with E-state index in [2.05, 4.69) is 4.74 Å². The van der Waals surface area contributed by atoms with Crippen LogP contribution < -0.4 is 9.64 Å². The van der Waals surface area contributed by atoms with Crippen LogP contribution >= 0.6 is 11.6 Å². The summed E-state index contributed by atoms with van der Waals surface area (Å²) in [6.07, 6.45) is -4.18. The lowest BCUT2D eigenvalue weighted by Gasteiger charge is -2.31. The van der Waals surface area contributed by atoms with Crippen LogP contribution in [0.1, 0.15) is 11.1 Å². The van der Waals surface area contributed by atoms with Crippen LogP contribution in [0, 0.1) is 5.82 Å². The Morgan fingerprint density at radius 3 is 2.48 bits per heavy atom. The Bertz CT molecular complexity index is 733. The SMILES string of the molecule is Fc1c(Cl)cc(OC(F)(F)F)cc1N1CCc2ccccc2C1. The van der Waals surface area contributed by atoms with Gasteiger partial charge in [-0.3, -0.25) is 0 Å². The molecular weight excluding hydrogens is 334 g/mol. The van der Waals surface area contributed by atoms with Gasteiger partial charge in [0.25, 0.3) is 0 Å². The van der Waals surface area contributed by atoms with Crippen LogP contribution in [0.4, 0.5) is 23.2 Å². The van der Waals surface area contributed by atoms with E-state index >= 15 is 0 Å². The second-order valence-corrected chi connectivity index (χ2v) is 5.63. The van der Waals surface area contributed by atoms with Gasteiger partial charge >= 0.3 is 6.36 Å². The zero-order chi connectivity index (χ0) is 16.6. The third kappa shape index (κ3) is 3.52. The van der Waals surface area contributed by atoms with E-state index in [4.69, 9.17) is 11.6 Å². The van der Waals surface area contributed by atoms with Crippen molar-refractivity contribution >= 4 is 17.3 Å². The number of alkyl halides is 3. The van der Waals surface area contributed by atoms with Gasteiger partial charge < -0.3 is 9.64 Å². The largest absolute Gasteiger partial charge is 0.573 e. The predicted octanol–water partition coefficient (Wildman–Crippen LogP) is 4.94. The second-order valence-electron chi connectivity index (χ2n) is 5.23. The lowest BCUT2D eigenvalue weighted by molar-refractivity contribution is -0.274. The smallest absolute Gasteiger partial charge is 0.406 e. The molecule has 1 aliphatic heterocycles. The molecule has 0 N–H and O–H groups in total. The van der Waals surface area contributed by atoms with Crippen LogP contribution in [0.5, 0.6) is 5.75 Å². The van der Waals surface area contributed by atoms with Crippen LogP contribution in [0.15, 0.2) is 36.4 Å². The van der Waals surface area contributed by atoms with Crippen molar-refractivity contribution in [2.75, 3.05) is 11.4 Å². The van der Waals surface area contributed by atoms with Crippen LogP contribution in [-0.2, 0) is 13.0 Å². The summed E-state index contributed by atoms with van der Waals surface area (Å²) in [5.74, 6) is -1.28. The highest BCUT2D eigenvalue weighted by Crippen LogP contribution is 2.36. The van der Waals surface area contributed by atoms with Crippen molar-refractivity contribution in [2.45, 2.75) is 19.3 Å². The minimum atomic E-state index is -4.85. The lowest BCUT2D eigenvalue weighted by Crippen LogP contribution is -2.31. The van der Waals surface area contributed by atoms with E-state index < -0.39 is 23.0 Å². The Balaban J connectivity index is 1.93. The average molecular weight is 346 g/mol. The first-order chi connectivity index (χ1) is 10.8. The van der Waals surface area contributed by atoms with Crippen molar-refractivity contribution in [3.05, 3.63) is 58.4 Å². The molecule has 0 saturated carbocycles. The third-order valence-electron chi connectivity index (χ3n) is 3.69. The highest BCUT2D eigenvalue weighted by molar-refractivity contribution is 6.31. The number of anilines is 1. The van der Waals surface area contributed by atoms with Crippen molar-refractivity contribution in [1.82, 2.24) is 0 Å².